The second-order valence-electron chi connectivity index (χ2n) is 5.14. The molecule has 0 aromatic heterocycles. The van der Waals surface area contributed by atoms with E-state index in [-0.39, 0.29) is 12.5 Å². The molecule has 0 radical (unpaired) electrons. The Kier molecular flexibility index (Phi) is 12.7. The zero-order valence-electron chi connectivity index (χ0n) is 14.2. The highest BCUT2D eigenvalue weighted by atomic mass is 16.5. The minimum absolute atomic E-state index is 0.118. The Labute approximate surface area is 137 Å². The number of carbonyl (C=O) groups is 3. The summed E-state index contributed by atoms with van der Waals surface area (Å²) in [5.74, 6) is -0.673. The fourth-order valence-corrected chi connectivity index (χ4v) is 1.81. The fraction of sp³-hybridized carbons (Fsp3) is 0.800. The van der Waals surface area contributed by atoms with Gasteiger partial charge in [-0.1, -0.05) is 13.3 Å². The van der Waals surface area contributed by atoms with Crippen molar-refractivity contribution < 1.29 is 19.1 Å². The Morgan fingerprint density at radius 1 is 1.09 bits per heavy atom. The van der Waals surface area contributed by atoms with Crippen LogP contribution in [0.4, 0.5) is 4.79 Å². The van der Waals surface area contributed by atoms with Gasteiger partial charge in [0.1, 0.15) is 6.04 Å². The molecule has 0 saturated heterocycles. The standard InChI is InChI=1S/C15H30N4O4/c1-3-5-10-23-15(22)19-12(8-6-7-9-16)14(21)18-11-13(20)17-4-2/h12H,3-11,16H2,1-2H3,(H,17,20)(H,18,21)(H,19,22)/t12-/m0/s1. The Hall–Kier alpha value is -1.83. The lowest BCUT2D eigenvalue weighted by Gasteiger charge is -2.18. The SMILES string of the molecule is CCCCOC(=O)N[C@@H](CCCCN)C(=O)NCC(=O)NCC. The molecule has 3 amide bonds. The second kappa shape index (κ2) is 13.8. The lowest BCUT2D eigenvalue weighted by Crippen LogP contribution is -2.49. The summed E-state index contributed by atoms with van der Waals surface area (Å²) < 4.78 is 5.00. The van der Waals surface area contributed by atoms with Crippen LogP contribution < -0.4 is 21.7 Å². The molecule has 0 rings (SSSR count). The van der Waals surface area contributed by atoms with Crippen LogP contribution in [0, 0.1) is 0 Å². The quantitative estimate of drug-likeness (QED) is 0.382. The molecule has 0 aliphatic rings. The van der Waals surface area contributed by atoms with Crippen molar-refractivity contribution in [3.8, 4) is 0 Å². The van der Waals surface area contributed by atoms with E-state index in [2.05, 4.69) is 16.0 Å². The number of ether oxygens (including phenoxy) is 1. The van der Waals surface area contributed by atoms with E-state index < -0.39 is 18.0 Å². The zero-order valence-corrected chi connectivity index (χ0v) is 14.2. The molecular formula is C15H30N4O4. The molecule has 8 nitrogen and oxygen atoms in total. The first kappa shape index (κ1) is 21.2. The third kappa shape index (κ3) is 11.4. The number of nitrogens with one attached hydrogen (secondary N) is 3. The van der Waals surface area contributed by atoms with Crippen molar-refractivity contribution >= 4 is 17.9 Å². The normalized spacial score (nSPS) is 11.4. The Morgan fingerprint density at radius 2 is 1.83 bits per heavy atom. The summed E-state index contributed by atoms with van der Waals surface area (Å²) in [6, 6.07) is -0.731. The zero-order chi connectivity index (χ0) is 17.5. The monoisotopic (exact) mass is 330 g/mol. The molecular weight excluding hydrogens is 300 g/mol. The predicted molar refractivity (Wildman–Crippen MR) is 87.8 cm³/mol. The van der Waals surface area contributed by atoms with Crippen LogP contribution in [0.5, 0.6) is 0 Å². The van der Waals surface area contributed by atoms with Gasteiger partial charge in [-0.15, -0.1) is 0 Å². The summed E-state index contributed by atoms with van der Waals surface area (Å²) in [6.07, 6.45) is 2.97. The van der Waals surface area contributed by atoms with Crippen molar-refractivity contribution in [3.63, 3.8) is 0 Å². The molecule has 0 spiro atoms. The molecule has 0 aromatic rings. The molecule has 134 valence electrons. The fourth-order valence-electron chi connectivity index (χ4n) is 1.81. The van der Waals surface area contributed by atoms with Crippen LogP contribution >= 0.6 is 0 Å². The predicted octanol–water partition coefficient (Wildman–Crippen LogP) is 0.263. The smallest absolute Gasteiger partial charge is 0.407 e. The summed E-state index contributed by atoms with van der Waals surface area (Å²) in [4.78, 5) is 35.2. The van der Waals surface area contributed by atoms with E-state index >= 15 is 0 Å². The van der Waals surface area contributed by atoms with E-state index in [1.165, 1.54) is 0 Å². The van der Waals surface area contributed by atoms with Gasteiger partial charge in [-0.2, -0.15) is 0 Å². The number of carbonyl (C=O) groups excluding carboxylic acids is 3. The summed E-state index contributed by atoms with van der Waals surface area (Å²) in [5.41, 5.74) is 5.44. The average Bonchev–Trinajstić information content (AvgIpc) is 2.52. The Morgan fingerprint density at radius 3 is 2.43 bits per heavy atom. The van der Waals surface area contributed by atoms with Crippen LogP contribution in [0.25, 0.3) is 0 Å². The third-order valence-corrected chi connectivity index (χ3v) is 3.08. The number of hydrogen-bond acceptors (Lipinski definition) is 5. The molecule has 23 heavy (non-hydrogen) atoms. The first-order valence-electron chi connectivity index (χ1n) is 8.22. The summed E-state index contributed by atoms with van der Waals surface area (Å²) in [5, 5.41) is 7.64. The van der Waals surface area contributed by atoms with E-state index in [0.29, 0.717) is 32.5 Å². The highest BCUT2D eigenvalue weighted by Gasteiger charge is 2.21. The van der Waals surface area contributed by atoms with Crippen molar-refractivity contribution in [2.75, 3.05) is 26.2 Å². The largest absolute Gasteiger partial charge is 0.450 e. The molecule has 1 atom stereocenters. The highest BCUT2D eigenvalue weighted by molar-refractivity contribution is 5.89. The summed E-state index contributed by atoms with van der Waals surface area (Å²) >= 11 is 0. The van der Waals surface area contributed by atoms with Gasteiger partial charge in [-0.3, -0.25) is 9.59 Å². The van der Waals surface area contributed by atoms with Crippen LogP contribution in [0.3, 0.4) is 0 Å². The van der Waals surface area contributed by atoms with Crippen LogP contribution in [-0.2, 0) is 14.3 Å². The van der Waals surface area contributed by atoms with Crippen LogP contribution in [-0.4, -0.2) is 50.2 Å². The molecule has 5 N–H and O–H groups in total. The molecule has 0 fully saturated rings. The van der Waals surface area contributed by atoms with Crippen LogP contribution in [0.1, 0.15) is 46.0 Å². The van der Waals surface area contributed by atoms with Gasteiger partial charge in [-0.05, 0) is 39.2 Å². The molecule has 0 aliphatic carbocycles. The van der Waals surface area contributed by atoms with Crippen molar-refractivity contribution in [2.45, 2.75) is 52.0 Å². The van der Waals surface area contributed by atoms with E-state index in [9.17, 15) is 14.4 Å². The van der Waals surface area contributed by atoms with E-state index in [1.54, 1.807) is 6.92 Å². The van der Waals surface area contributed by atoms with Gasteiger partial charge in [0, 0.05) is 6.54 Å². The van der Waals surface area contributed by atoms with E-state index in [4.69, 9.17) is 10.5 Å². The third-order valence-electron chi connectivity index (χ3n) is 3.08. The second-order valence-corrected chi connectivity index (χ2v) is 5.14. The van der Waals surface area contributed by atoms with Gasteiger partial charge in [0.15, 0.2) is 0 Å². The van der Waals surface area contributed by atoms with Gasteiger partial charge < -0.3 is 26.4 Å². The minimum atomic E-state index is -0.731. The molecule has 0 unspecified atom stereocenters. The first-order chi connectivity index (χ1) is 11.0. The van der Waals surface area contributed by atoms with E-state index in [1.807, 2.05) is 6.92 Å². The average molecular weight is 330 g/mol. The lowest BCUT2D eigenvalue weighted by atomic mass is 10.1. The van der Waals surface area contributed by atoms with E-state index in [0.717, 1.165) is 19.3 Å². The molecule has 0 aromatic carbocycles. The topological polar surface area (TPSA) is 123 Å². The maximum atomic E-state index is 12.1. The van der Waals surface area contributed by atoms with Crippen molar-refractivity contribution in [1.29, 1.82) is 0 Å². The number of amides is 3. The number of likely N-dealkylation sites (N-methyl/N-ethyl adjacent to an activating group) is 1. The summed E-state index contributed by atoms with van der Waals surface area (Å²) in [6.45, 7) is 5.00. The number of alkyl carbamates (subject to hydrolysis) is 1. The molecule has 0 heterocycles. The van der Waals surface area contributed by atoms with Gasteiger partial charge >= 0.3 is 6.09 Å². The van der Waals surface area contributed by atoms with Crippen molar-refractivity contribution in [1.82, 2.24) is 16.0 Å². The maximum absolute atomic E-state index is 12.1. The Balaban J connectivity index is 4.38. The number of hydrogen-bond donors (Lipinski definition) is 4. The molecule has 0 bridgehead atoms. The molecule has 0 aliphatic heterocycles. The highest BCUT2D eigenvalue weighted by Crippen LogP contribution is 2.02. The summed E-state index contributed by atoms with van der Waals surface area (Å²) in [7, 11) is 0. The first-order valence-corrected chi connectivity index (χ1v) is 8.22. The number of rotatable bonds is 12. The van der Waals surface area contributed by atoms with Crippen LogP contribution in [0.2, 0.25) is 0 Å². The minimum Gasteiger partial charge on any atom is -0.450 e. The van der Waals surface area contributed by atoms with Gasteiger partial charge in [0.05, 0.1) is 13.2 Å². The van der Waals surface area contributed by atoms with Crippen molar-refractivity contribution in [2.24, 2.45) is 5.73 Å². The molecule has 8 heteroatoms. The Bertz CT molecular complexity index is 363. The van der Waals surface area contributed by atoms with Gasteiger partial charge in [-0.25, -0.2) is 4.79 Å². The number of nitrogens with two attached hydrogens (primary N) is 1. The molecule has 0 saturated carbocycles. The number of unbranched alkanes of at least 4 members (excludes halogenated alkanes) is 2. The lowest BCUT2D eigenvalue weighted by molar-refractivity contribution is -0.127. The maximum Gasteiger partial charge on any atom is 0.407 e. The van der Waals surface area contributed by atoms with Gasteiger partial charge in [0.2, 0.25) is 11.8 Å². The van der Waals surface area contributed by atoms with Crippen LogP contribution in [0.15, 0.2) is 0 Å². The van der Waals surface area contributed by atoms with Crippen molar-refractivity contribution in [3.05, 3.63) is 0 Å². The van der Waals surface area contributed by atoms with Gasteiger partial charge in [0.25, 0.3) is 0 Å².